The van der Waals surface area contributed by atoms with E-state index in [9.17, 15) is 14.7 Å². The summed E-state index contributed by atoms with van der Waals surface area (Å²) in [5.74, 6) is -0.729. The molecule has 0 unspecified atom stereocenters. The van der Waals surface area contributed by atoms with Crippen LogP contribution in [0.5, 0.6) is 0 Å². The van der Waals surface area contributed by atoms with Crippen LogP contribution in [0, 0.1) is 0 Å². The molecule has 0 aliphatic heterocycles. The van der Waals surface area contributed by atoms with Gasteiger partial charge < -0.3 is 9.90 Å². The van der Waals surface area contributed by atoms with Crippen LogP contribution < -0.4 is 5.11 Å². The molecule has 0 bridgehead atoms. The summed E-state index contributed by atoms with van der Waals surface area (Å²) >= 11 is 0. The van der Waals surface area contributed by atoms with E-state index in [1.165, 1.54) is 0 Å². The summed E-state index contributed by atoms with van der Waals surface area (Å²) in [7, 11) is 0. The first-order chi connectivity index (χ1) is 8.04. The van der Waals surface area contributed by atoms with E-state index in [-0.39, 0.29) is 18.1 Å². The number of rotatable bonds is 6. The van der Waals surface area contributed by atoms with E-state index in [0.717, 1.165) is 5.56 Å². The molecule has 0 saturated heterocycles. The summed E-state index contributed by atoms with van der Waals surface area (Å²) < 4.78 is 0. The van der Waals surface area contributed by atoms with Crippen LogP contribution in [0.25, 0.3) is 0 Å². The molecule has 0 N–H and O–H groups in total. The minimum atomic E-state index is -1.02. The SMILES string of the molecule is CCC(=O)c1ccc([C@@H](C)CCC(=O)[O-])cc1. The molecule has 0 radical (unpaired) electrons. The quantitative estimate of drug-likeness (QED) is 0.705. The number of hydrogen-bond acceptors (Lipinski definition) is 3. The third-order valence-electron chi connectivity index (χ3n) is 2.90. The number of carbonyl (C=O) groups excluding carboxylic acids is 2. The highest BCUT2D eigenvalue weighted by molar-refractivity contribution is 5.95. The summed E-state index contributed by atoms with van der Waals surface area (Å²) in [5, 5.41) is 10.4. The largest absolute Gasteiger partial charge is 0.550 e. The van der Waals surface area contributed by atoms with Gasteiger partial charge in [0.15, 0.2) is 5.78 Å². The van der Waals surface area contributed by atoms with Crippen molar-refractivity contribution >= 4 is 11.8 Å². The second-order valence-electron chi connectivity index (χ2n) is 4.21. The fraction of sp³-hybridized carbons (Fsp3) is 0.429. The van der Waals surface area contributed by atoms with Gasteiger partial charge >= 0.3 is 0 Å². The van der Waals surface area contributed by atoms with Crippen molar-refractivity contribution in [3.63, 3.8) is 0 Å². The highest BCUT2D eigenvalue weighted by Gasteiger charge is 2.07. The van der Waals surface area contributed by atoms with Crippen molar-refractivity contribution in [1.29, 1.82) is 0 Å². The summed E-state index contributed by atoms with van der Waals surface area (Å²) in [4.78, 5) is 21.8. The van der Waals surface area contributed by atoms with E-state index in [0.29, 0.717) is 18.4 Å². The molecule has 0 spiro atoms. The molecule has 1 aromatic rings. The Labute approximate surface area is 101 Å². The van der Waals surface area contributed by atoms with Gasteiger partial charge in [-0.05, 0) is 24.3 Å². The van der Waals surface area contributed by atoms with E-state index < -0.39 is 5.97 Å². The third-order valence-corrected chi connectivity index (χ3v) is 2.90. The predicted molar refractivity (Wildman–Crippen MR) is 63.7 cm³/mol. The van der Waals surface area contributed by atoms with Gasteiger partial charge in [-0.25, -0.2) is 0 Å². The zero-order chi connectivity index (χ0) is 12.8. The second-order valence-corrected chi connectivity index (χ2v) is 4.21. The molecule has 3 heteroatoms. The Hall–Kier alpha value is -1.64. The minimum Gasteiger partial charge on any atom is -0.550 e. The summed E-state index contributed by atoms with van der Waals surface area (Å²) in [6.45, 7) is 3.80. The van der Waals surface area contributed by atoms with E-state index in [2.05, 4.69) is 0 Å². The molecule has 1 rings (SSSR count). The maximum atomic E-state index is 11.4. The third kappa shape index (κ3) is 4.02. The molecule has 0 aliphatic rings. The van der Waals surface area contributed by atoms with Crippen molar-refractivity contribution in [1.82, 2.24) is 0 Å². The molecule has 0 heterocycles. The first-order valence-electron chi connectivity index (χ1n) is 5.87. The topological polar surface area (TPSA) is 57.2 Å². The fourth-order valence-electron chi connectivity index (χ4n) is 1.70. The summed E-state index contributed by atoms with van der Waals surface area (Å²) in [5.41, 5.74) is 1.77. The van der Waals surface area contributed by atoms with Crippen molar-refractivity contribution < 1.29 is 14.7 Å². The van der Waals surface area contributed by atoms with Crippen LogP contribution in [-0.4, -0.2) is 11.8 Å². The molecule has 3 nitrogen and oxygen atoms in total. The second kappa shape index (κ2) is 6.18. The molecule has 17 heavy (non-hydrogen) atoms. The Kier molecular flexibility index (Phi) is 4.88. The smallest absolute Gasteiger partial charge is 0.162 e. The summed E-state index contributed by atoms with van der Waals surface area (Å²) in [6.07, 6.45) is 1.12. The van der Waals surface area contributed by atoms with Crippen LogP contribution >= 0.6 is 0 Å². The summed E-state index contributed by atoms with van der Waals surface area (Å²) in [6, 6.07) is 7.39. The van der Waals surface area contributed by atoms with Gasteiger partial charge in [-0.1, -0.05) is 38.1 Å². The number of hydrogen-bond donors (Lipinski definition) is 0. The van der Waals surface area contributed by atoms with Crippen LogP contribution in [0.3, 0.4) is 0 Å². The first kappa shape index (κ1) is 13.4. The van der Waals surface area contributed by atoms with Gasteiger partial charge in [-0.2, -0.15) is 0 Å². The molecular weight excluding hydrogens is 216 g/mol. The molecule has 0 aliphatic carbocycles. The maximum Gasteiger partial charge on any atom is 0.162 e. The number of Topliss-reactive ketones (excluding diaryl/α,β-unsaturated/α-hetero) is 1. The molecule has 0 aromatic heterocycles. The van der Waals surface area contributed by atoms with Gasteiger partial charge in [0.1, 0.15) is 0 Å². The average molecular weight is 233 g/mol. The van der Waals surface area contributed by atoms with Gasteiger partial charge in [0.2, 0.25) is 0 Å². The molecule has 92 valence electrons. The monoisotopic (exact) mass is 233 g/mol. The number of carboxylic acid groups (broad SMARTS) is 1. The van der Waals surface area contributed by atoms with E-state index in [1.807, 2.05) is 26.0 Å². The highest BCUT2D eigenvalue weighted by Crippen LogP contribution is 2.21. The Morgan fingerprint density at radius 1 is 1.24 bits per heavy atom. The molecule has 0 amide bonds. The lowest BCUT2D eigenvalue weighted by molar-refractivity contribution is -0.305. The standard InChI is InChI=1S/C14H18O3/c1-3-13(15)12-7-5-11(6-8-12)10(2)4-9-14(16)17/h5-8,10H,3-4,9H2,1-2H3,(H,16,17)/p-1/t10-/m0/s1. The van der Waals surface area contributed by atoms with Crippen molar-refractivity contribution in [3.8, 4) is 0 Å². The number of carbonyl (C=O) groups is 2. The van der Waals surface area contributed by atoms with Gasteiger partial charge in [0, 0.05) is 18.0 Å². The Morgan fingerprint density at radius 2 is 1.82 bits per heavy atom. The van der Waals surface area contributed by atoms with Crippen LogP contribution in [0.15, 0.2) is 24.3 Å². The molecule has 0 saturated carbocycles. The van der Waals surface area contributed by atoms with Gasteiger partial charge in [-0.15, -0.1) is 0 Å². The maximum absolute atomic E-state index is 11.4. The first-order valence-corrected chi connectivity index (χ1v) is 5.87. The van der Waals surface area contributed by atoms with Crippen molar-refractivity contribution in [2.24, 2.45) is 0 Å². The zero-order valence-corrected chi connectivity index (χ0v) is 10.2. The lowest BCUT2D eigenvalue weighted by Gasteiger charge is -2.12. The van der Waals surface area contributed by atoms with Crippen LogP contribution in [-0.2, 0) is 4.79 Å². The van der Waals surface area contributed by atoms with Gasteiger partial charge in [0.25, 0.3) is 0 Å². The predicted octanol–water partition coefficient (Wildman–Crippen LogP) is 1.91. The minimum absolute atomic E-state index is 0.0663. The van der Waals surface area contributed by atoms with E-state index in [1.54, 1.807) is 12.1 Å². The average Bonchev–Trinajstić information content (AvgIpc) is 2.35. The van der Waals surface area contributed by atoms with Crippen LogP contribution in [0.1, 0.15) is 54.9 Å². The van der Waals surface area contributed by atoms with Crippen LogP contribution in [0.4, 0.5) is 0 Å². The zero-order valence-electron chi connectivity index (χ0n) is 10.2. The molecule has 1 atom stereocenters. The van der Waals surface area contributed by atoms with Crippen LogP contribution in [0.2, 0.25) is 0 Å². The Balaban J connectivity index is 2.66. The Bertz CT molecular complexity index is 392. The van der Waals surface area contributed by atoms with E-state index in [4.69, 9.17) is 0 Å². The highest BCUT2D eigenvalue weighted by atomic mass is 16.4. The number of aliphatic carboxylic acids is 1. The number of ketones is 1. The number of carboxylic acids is 1. The normalized spacial score (nSPS) is 12.1. The van der Waals surface area contributed by atoms with Crippen molar-refractivity contribution in [2.45, 2.75) is 39.0 Å². The molecule has 0 fully saturated rings. The molecular formula is C14H17O3-. The molecule has 1 aromatic carbocycles. The lowest BCUT2D eigenvalue weighted by atomic mass is 9.94. The van der Waals surface area contributed by atoms with Gasteiger partial charge in [-0.3, -0.25) is 4.79 Å². The number of benzene rings is 1. The van der Waals surface area contributed by atoms with E-state index >= 15 is 0 Å². The van der Waals surface area contributed by atoms with Gasteiger partial charge in [0.05, 0.1) is 0 Å². The van der Waals surface area contributed by atoms with Crippen molar-refractivity contribution in [3.05, 3.63) is 35.4 Å². The fourth-order valence-corrected chi connectivity index (χ4v) is 1.70. The lowest BCUT2D eigenvalue weighted by Crippen LogP contribution is -2.22. The Morgan fingerprint density at radius 3 is 2.29 bits per heavy atom. The van der Waals surface area contributed by atoms with Crippen molar-refractivity contribution in [2.75, 3.05) is 0 Å².